The number of halogens is 2. The van der Waals surface area contributed by atoms with Crippen LogP contribution in [0.3, 0.4) is 0 Å². The van der Waals surface area contributed by atoms with Gasteiger partial charge in [-0.3, -0.25) is 19.7 Å². The number of carbonyl (C=O) groups is 2. The van der Waals surface area contributed by atoms with E-state index >= 15 is 0 Å². The molecular formula is C24H18BrClN2O6. The molecule has 1 aliphatic heterocycles. The van der Waals surface area contributed by atoms with Crippen molar-refractivity contribution < 1.29 is 24.4 Å². The lowest BCUT2D eigenvalue weighted by molar-refractivity contribution is -0.385. The van der Waals surface area contributed by atoms with Crippen LogP contribution in [-0.2, 0) is 16.9 Å². The zero-order valence-corrected chi connectivity index (χ0v) is 20.2. The first-order chi connectivity index (χ1) is 16.1. The van der Waals surface area contributed by atoms with Crippen LogP contribution < -0.4 is 9.64 Å². The highest BCUT2D eigenvalue weighted by Crippen LogP contribution is 2.45. The number of hydrogen-bond donors (Lipinski definition) is 1. The van der Waals surface area contributed by atoms with Gasteiger partial charge in [-0.25, -0.2) is 0 Å². The number of anilines is 1. The fourth-order valence-corrected chi connectivity index (χ4v) is 4.45. The number of nitro benzene ring substituents is 1. The summed E-state index contributed by atoms with van der Waals surface area (Å²) in [5.74, 6) is -1.28. The van der Waals surface area contributed by atoms with Gasteiger partial charge in [0.2, 0.25) is 0 Å². The Labute approximate surface area is 208 Å². The monoisotopic (exact) mass is 544 g/mol. The Balaban J connectivity index is 1.70. The van der Waals surface area contributed by atoms with Gasteiger partial charge in [0, 0.05) is 26.7 Å². The second-order valence-corrected chi connectivity index (χ2v) is 9.14. The van der Waals surface area contributed by atoms with Gasteiger partial charge >= 0.3 is 5.69 Å². The lowest BCUT2D eigenvalue weighted by Crippen LogP contribution is -2.41. The normalized spacial score (nSPS) is 16.9. The Morgan fingerprint density at radius 3 is 2.53 bits per heavy atom. The van der Waals surface area contributed by atoms with E-state index in [1.54, 1.807) is 42.5 Å². The lowest BCUT2D eigenvalue weighted by atomic mass is 9.88. The smallest absolute Gasteiger partial charge is 0.311 e. The molecule has 0 aromatic heterocycles. The summed E-state index contributed by atoms with van der Waals surface area (Å²) in [5, 5.41) is 23.4. The van der Waals surface area contributed by atoms with E-state index in [0.29, 0.717) is 15.2 Å². The Morgan fingerprint density at radius 1 is 1.18 bits per heavy atom. The number of benzene rings is 3. The number of aliphatic hydroxyl groups is 1. The summed E-state index contributed by atoms with van der Waals surface area (Å²) in [6.45, 7) is 0.162. The number of methoxy groups -OCH3 is 1. The van der Waals surface area contributed by atoms with Crippen LogP contribution in [-0.4, -0.2) is 28.8 Å². The molecule has 1 atom stereocenters. The molecule has 8 nitrogen and oxygen atoms in total. The number of fused-ring (bicyclic) bond motifs is 1. The number of ether oxygens (including phenoxy) is 1. The van der Waals surface area contributed by atoms with Crippen LogP contribution >= 0.6 is 27.5 Å². The number of Topliss-reactive ketones (excluding diaryl/α,β-unsaturated/α-hetero) is 1. The van der Waals surface area contributed by atoms with E-state index in [4.69, 9.17) is 16.3 Å². The summed E-state index contributed by atoms with van der Waals surface area (Å²) in [6.07, 6.45) is -0.587. The molecule has 3 aromatic rings. The quantitative estimate of drug-likeness (QED) is 0.253. The van der Waals surface area contributed by atoms with Gasteiger partial charge in [-0.15, -0.1) is 0 Å². The van der Waals surface area contributed by atoms with E-state index in [-0.39, 0.29) is 29.1 Å². The molecule has 34 heavy (non-hydrogen) atoms. The van der Waals surface area contributed by atoms with Gasteiger partial charge in [-0.1, -0.05) is 39.7 Å². The third-order valence-corrected chi connectivity index (χ3v) is 6.41. The molecule has 1 unspecified atom stereocenters. The molecule has 4 rings (SSSR count). The molecule has 0 radical (unpaired) electrons. The molecule has 174 valence electrons. The highest BCUT2D eigenvalue weighted by atomic mass is 79.9. The Morgan fingerprint density at radius 2 is 1.88 bits per heavy atom. The maximum absolute atomic E-state index is 13.5. The van der Waals surface area contributed by atoms with Crippen LogP contribution in [0.5, 0.6) is 5.75 Å². The van der Waals surface area contributed by atoms with Gasteiger partial charge in [-0.05, 0) is 48.0 Å². The van der Waals surface area contributed by atoms with Crippen molar-refractivity contribution in [3.63, 3.8) is 0 Å². The molecule has 0 fully saturated rings. The van der Waals surface area contributed by atoms with Crippen molar-refractivity contribution in [3.8, 4) is 5.75 Å². The van der Waals surface area contributed by atoms with Gasteiger partial charge in [-0.2, -0.15) is 0 Å². The van der Waals surface area contributed by atoms with Crippen molar-refractivity contribution in [2.45, 2.75) is 18.6 Å². The topological polar surface area (TPSA) is 110 Å². The molecule has 1 N–H and O–H groups in total. The van der Waals surface area contributed by atoms with Crippen LogP contribution in [0.15, 0.2) is 65.1 Å². The number of nitro groups is 1. The molecule has 0 saturated heterocycles. The van der Waals surface area contributed by atoms with Gasteiger partial charge in [0.25, 0.3) is 5.91 Å². The van der Waals surface area contributed by atoms with Crippen LogP contribution in [0.25, 0.3) is 0 Å². The molecule has 3 aromatic carbocycles. The zero-order chi connectivity index (χ0) is 24.6. The predicted molar refractivity (Wildman–Crippen MR) is 129 cm³/mol. The van der Waals surface area contributed by atoms with Crippen LogP contribution in [0.2, 0.25) is 5.02 Å². The van der Waals surface area contributed by atoms with Gasteiger partial charge in [0.1, 0.15) is 0 Å². The minimum atomic E-state index is -2.14. The van der Waals surface area contributed by atoms with Gasteiger partial charge in [0.15, 0.2) is 17.1 Å². The second kappa shape index (κ2) is 9.17. The van der Waals surface area contributed by atoms with E-state index in [2.05, 4.69) is 15.9 Å². The number of rotatable bonds is 7. The predicted octanol–water partition coefficient (Wildman–Crippen LogP) is 5.03. The summed E-state index contributed by atoms with van der Waals surface area (Å²) in [4.78, 5) is 38.7. The van der Waals surface area contributed by atoms with Crippen molar-refractivity contribution in [1.29, 1.82) is 0 Å². The SMILES string of the molecule is COc1ccc(C(=O)CC2(O)C(=O)N(Cc3ccc(Cl)cc3)c3ccc(Br)cc32)cc1[N+](=O)[O-]. The standard InChI is InChI=1S/C24H18BrClN2O6/c1-34-22-9-4-15(10-20(22)28(32)33)21(29)12-24(31)18-11-16(25)5-8-19(18)27(23(24)30)13-14-2-6-17(26)7-3-14/h2-11,31H,12-13H2,1H3. The van der Waals surface area contributed by atoms with Crippen molar-refractivity contribution in [2.24, 2.45) is 0 Å². The first kappa shape index (κ1) is 23.9. The summed E-state index contributed by atoms with van der Waals surface area (Å²) >= 11 is 9.31. The first-order valence-electron chi connectivity index (χ1n) is 10.1. The Kier molecular flexibility index (Phi) is 6.44. The summed E-state index contributed by atoms with van der Waals surface area (Å²) < 4.78 is 5.60. The summed E-state index contributed by atoms with van der Waals surface area (Å²) in [6, 6.07) is 15.7. The average Bonchev–Trinajstić information content (AvgIpc) is 3.01. The maximum atomic E-state index is 13.5. The van der Waals surface area contributed by atoms with Crippen LogP contribution in [0, 0.1) is 10.1 Å². The van der Waals surface area contributed by atoms with Crippen molar-refractivity contribution in [1.82, 2.24) is 0 Å². The molecule has 10 heteroatoms. The number of hydrogen-bond acceptors (Lipinski definition) is 6. The van der Waals surface area contributed by atoms with E-state index in [1.807, 2.05) is 0 Å². The fourth-order valence-electron chi connectivity index (χ4n) is 3.96. The lowest BCUT2D eigenvalue weighted by Gasteiger charge is -2.23. The summed E-state index contributed by atoms with van der Waals surface area (Å²) in [5.41, 5.74) is -1.01. The average molecular weight is 546 g/mol. The first-order valence-corrected chi connectivity index (χ1v) is 11.3. The molecule has 0 aliphatic carbocycles. The Hall–Kier alpha value is -3.27. The maximum Gasteiger partial charge on any atom is 0.311 e. The zero-order valence-electron chi connectivity index (χ0n) is 17.8. The van der Waals surface area contributed by atoms with Crippen molar-refractivity contribution >= 4 is 50.6 Å². The summed E-state index contributed by atoms with van der Waals surface area (Å²) in [7, 11) is 1.29. The third-order valence-electron chi connectivity index (χ3n) is 5.66. The van der Waals surface area contributed by atoms with Crippen molar-refractivity contribution in [3.05, 3.63) is 97.0 Å². The third kappa shape index (κ3) is 4.29. The van der Waals surface area contributed by atoms with Gasteiger partial charge < -0.3 is 14.7 Å². The molecule has 0 spiro atoms. The second-order valence-electron chi connectivity index (χ2n) is 7.78. The molecule has 0 saturated carbocycles. The minimum Gasteiger partial charge on any atom is -0.490 e. The molecule has 1 aliphatic rings. The number of carbonyl (C=O) groups excluding carboxylic acids is 2. The van der Waals surface area contributed by atoms with Crippen LogP contribution in [0.4, 0.5) is 11.4 Å². The Bertz CT molecular complexity index is 1310. The molecular weight excluding hydrogens is 528 g/mol. The van der Waals surface area contributed by atoms with E-state index < -0.39 is 28.6 Å². The van der Waals surface area contributed by atoms with Gasteiger partial charge in [0.05, 0.1) is 30.7 Å². The highest BCUT2D eigenvalue weighted by Gasteiger charge is 2.51. The number of nitrogens with zero attached hydrogens (tertiary/aromatic N) is 2. The van der Waals surface area contributed by atoms with E-state index in [9.17, 15) is 24.8 Å². The molecule has 1 heterocycles. The highest BCUT2D eigenvalue weighted by molar-refractivity contribution is 9.10. The minimum absolute atomic E-state index is 0.000574. The van der Waals surface area contributed by atoms with E-state index in [0.717, 1.165) is 11.6 Å². The number of amides is 1. The number of ketones is 1. The van der Waals surface area contributed by atoms with Crippen LogP contribution in [0.1, 0.15) is 27.9 Å². The molecule has 0 bridgehead atoms. The largest absolute Gasteiger partial charge is 0.490 e. The van der Waals surface area contributed by atoms with Crippen molar-refractivity contribution in [2.75, 3.05) is 12.0 Å². The molecule has 1 amide bonds. The van der Waals surface area contributed by atoms with E-state index in [1.165, 1.54) is 24.1 Å². The fraction of sp³-hybridized carbons (Fsp3) is 0.167.